The number of hydrogen-bond acceptors (Lipinski definition) is 3. The van der Waals surface area contributed by atoms with Crippen LogP contribution in [0.1, 0.15) is 12.8 Å². The number of nitrogens with zero attached hydrogens (tertiary/aromatic N) is 1. The quantitative estimate of drug-likeness (QED) is 0.812. The normalized spacial score (nSPS) is 19.6. The van der Waals surface area contributed by atoms with E-state index < -0.39 is 0 Å². The Bertz CT molecular complexity index is 396. The van der Waals surface area contributed by atoms with Gasteiger partial charge in [-0.15, -0.1) is 0 Å². The summed E-state index contributed by atoms with van der Waals surface area (Å²) >= 11 is 4.44. The van der Waals surface area contributed by atoms with Crippen LogP contribution in [0.2, 0.25) is 0 Å². The number of hydrogen-bond donors (Lipinski definition) is 1. The van der Waals surface area contributed by atoms with Gasteiger partial charge in [0.1, 0.15) is 0 Å². The summed E-state index contributed by atoms with van der Waals surface area (Å²) in [5.74, 6) is 0.803. The monoisotopic (exact) mass is 239 g/mol. The second-order valence-corrected chi connectivity index (χ2v) is 4.75. The molecule has 3 nitrogen and oxygen atoms in total. The lowest BCUT2D eigenvalue weighted by Gasteiger charge is -2.36. The first-order valence-electron chi connectivity index (χ1n) is 5.60. The largest absolute Gasteiger partial charge is 0.381 e. The Hall–Kier alpha value is -0.740. The minimum absolute atomic E-state index is 0.0650. The van der Waals surface area contributed by atoms with Crippen molar-refractivity contribution in [1.29, 1.82) is 0 Å². The van der Waals surface area contributed by atoms with Gasteiger partial charge in [-0.05, 0) is 24.7 Å². The number of pyridine rings is 1. The first-order valence-corrected chi connectivity index (χ1v) is 6.23. The molecule has 1 aromatic heterocycles. The summed E-state index contributed by atoms with van der Waals surface area (Å²) in [6.07, 6.45) is 3.82. The van der Waals surface area contributed by atoms with Gasteiger partial charge in [0.25, 0.3) is 5.56 Å². The van der Waals surface area contributed by atoms with E-state index in [1.54, 1.807) is 16.7 Å². The van der Waals surface area contributed by atoms with Crippen molar-refractivity contribution in [3.05, 3.63) is 34.7 Å². The van der Waals surface area contributed by atoms with Gasteiger partial charge in [0.15, 0.2) is 0 Å². The number of thiol groups is 1. The molecule has 2 heterocycles. The van der Waals surface area contributed by atoms with Gasteiger partial charge in [-0.25, -0.2) is 0 Å². The SMILES string of the molecule is O=c1ccccn1CC1(CS)CCOCC1. The Kier molecular flexibility index (Phi) is 3.71. The van der Waals surface area contributed by atoms with Gasteiger partial charge < -0.3 is 9.30 Å². The highest BCUT2D eigenvalue weighted by Crippen LogP contribution is 2.33. The average molecular weight is 239 g/mol. The lowest BCUT2D eigenvalue weighted by molar-refractivity contribution is 0.0177. The highest BCUT2D eigenvalue weighted by molar-refractivity contribution is 7.80. The van der Waals surface area contributed by atoms with Crippen molar-refractivity contribution in [3.8, 4) is 0 Å². The fourth-order valence-corrected chi connectivity index (χ4v) is 2.54. The van der Waals surface area contributed by atoms with Crippen LogP contribution in [0.25, 0.3) is 0 Å². The van der Waals surface area contributed by atoms with Gasteiger partial charge in [0.2, 0.25) is 0 Å². The first kappa shape index (κ1) is 11.7. The molecule has 1 aliphatic rings. The molecule has 1 fully saturated rings. The lowest BCUT2D eigenvalue weighted by atomic mass is 9.82. The Labute approximate surface area is 101 Å². The number of aromatic nitrogens is 1. The topological polar surface area (TPSA) is 31.2 Å². The fraction of sp³-hybridized carbons (Fsp3) is 0.583. The molecule has 0 N–H and O–H groups in total. The fourth-order valence-electron chi connectivity index (χ4n) is 2.12. The summed E-state index contributed by atoms with van der Waals surface area (Å²) < 4.78 is 7.15. The van der Waals surface area contributed by atoms with Crippen LogP contribution in [-0.2, 0) is 11.3 Å². The third-order valence-corrected chi connectivity index (χ3v) is 3.96. The molecular formula is C12H17NO2S. The predicted octanol–water partition coefficient (Wildman–Crippen LogP) is 1.57. The molecule has 0 aromatic carbocycles. The maximum atomic E-state index is 11.7. The van der Waals surface area contributed by atoms with Crippen LogP contribution >= 0.6 is 12.6 Å². The van der Waals surface area contributed by atoms with E-state index in [0.29, 0.717) is 0 Å². The van der Waals surface area contributed by atoms with Crippen LogP contribution in [0.4, 0.5) is 0 Å². The maximum absolute atomic E-state index is 11.7. The van der Waals surface area contributed by atoms with Gasteiger partial charge in [-0.2, -0.15) is 12.6 Å². The third kappa shape index (κ3) is 2.50. The maximum Gasteiger partial charge on any atom is 0.250 e. The average Bonchev–Trinajstić information content (AvgIpc) is 2.33. The van der Waals surface area contributed by atoms with Crippen LogP contribution in [0.3, 0.4) is 0 Å². The molecule has 0 radical (unpaired) electrons. The van der Waals surface area contributed by atoms with Crippen LogP contribution in [0, 0.1) is 5.41 Å². The Morgan fingerprint density at radius 1 is 1.38 bits per heavy atom. The summed E-state index contributed by atoms with van der Waals surface area (Å²) in [6, 6.07) is 5.27. The van der Waals surface area contributed by atoms with E-state index >= 15 is 0 Å². The van der Waals surface area contributed by atoms with Gasteiger partial charge in [-0.3, -0.25) is 4.79 Å². The van der Waals surface area contributed by atoms with E-state index in [0.717, 1.165) is 38.4 Å². The molecule has 0 amide bonds. The van der Waals surface area contributed by atoms with Gasteiger partial charge >= 0.3 is 0 Å². The van der Waals surface area contributed by atoms with Crippen LogP contribution in [-0.4, -0.2) is 23.5 Å². The highest BCUT2D eigenvalue weighted by atomic mass is 32.1. The van der Waals surface area contributed by atoms with Crippen LogP contribution < -0.4 is 5.56 Å². The number of rotatable bonds is 3. The summed E-state index contributed by atoms with van der Waals surface area (Å²) in [5.41, 5.74) is 0.183. The van der Waals surface area contributed by atoms with Crippen molar-refractivity contribution >= 4 is 12.6 Å². The van der Waals surface area contributed by atoms with Crippen molar-refractivity contribution in [2.24, 2.45) is 5.41 Å². The van der Waals surface area contributed by atoms with E-state index in [4.69, 9.17) is 4.74 Å². The second-order valence-electron chi connectivity index (χ2n) is 4.44. The predicted molar refractivity (Wildman–Crippen MR) is 67.0 cm³/mol. The third-order valence-electron chi connectivity index (χ3n) is 3.29. The molecule has 0 unspecified atom stereocenters. The second kappa shape index (κ2) is 5.06. The molecule has 88 valence electrons. The molecular weight excluding hydrogens is 222 g/mol. The molecule has 0 aliphatic carbocycles. The minimum atomic E-state index is 0.0650. The zero-order chi connectivity index (χ0) is 11.4. The number of ether oxygens (including phenoxy) is 1. The molecule has 0 spiro atoms. The summed E-state index contributed by atoms with van der Waals surface area (Å²) in [4.78, 5) is 11.7. The van der Waals surface area contributed by atoms with Crippen molar-refractivity contribution in [1.82, 2.24) is 4.57 Å². The highest BCUT2D eigenvalue weighted by Gasteiger charge is 2.31. The van der Waals surface area contributed by atoms with Crippen molar-refractivity contribution < 1.29 is 4.74 Å². The van der Waals surface area contributed by atoms with E-state index in [2.05, 4.69) is 12.6 Å². The Morgan fingerprint density at radius 2 is 2.12 bits per heavy atom. The molecule has 1 aromatic rings. The van der Waals surface area contributed by atoms with Gasteiger partial charge in [0, 0.05) is 37.4 Å². The van der Waals surface area contributed by atoms with E-state index in [9.17, 15) is 4.79 Å². The zero-order valence-electron chi connectivity index (χ0n) is 9.26. The summed E-state index contributed by atoms with van der Waals surface area (Å²) in [6.45, 7) is 2.31. The van der Waals surface area contributed by atoms with Gasteiger partial charge in [0.05, 0.1) is 0 Å². The van der Waals surface area contributed by atoms with Gasteiger partial charge in [-0.1, -0.05) is 6.07 Å². The smallest absolute Gasteiger partial charge is 0.250 e. The zero-order valence-corrected chi connectivity index (χ0v) is 10.2. The van der Waals surface area contributed by atoms with Crippen molar-refractivity contribution in [3.63, 3.8) is 0 Å². The molecule has 16 heavy (non-hydrogen) atoms. The molecule has 1 aliphatic heterocycles. The molecule has 1 saturated heterocycles. The molecule has 0 bridgehead atoms. The molecule has 4 heteroatoms. The molecule has 2 rings (SSSR count). The van der Waals surface area contributed by atoms with Crippen molar-refractivity contribution in [2.75, 3.05) is 19.0 Å². The van der Waals surface area contributed by atoms with E-state index in [1.807, 2.05) is 12.3 Å². The van der Waals surface area contributed by atoms with Crippen LogP contribution in [0.5, 0.6) is 0 Å². The molecule has 0 atom stereocenters. The van der Waals surface area contributed by atoms with Crippen molar-refractivity contribution in [2.45, 2.75) is 19.4 Å². The Morgan fingerprint density at radius 3 is 2.75 bits per heavy atom. The van der Waals surface area contributed by atoms with Crippen LogP contribution in [0.15, 0.2) is 29.2 Å². The van der Waals surface area contributed by atoms with E-state index in [1.165, 1.54) is 0 Å². The molecule has 0 saturated carbocycles. The standard InChI is InChI=1S/C12H17NO2S/c14-11-3-1-2-6-13(11)9-12(10-16)4-7-15-8-5-12/h1-3,6,16H,4-5,7-10H2. The first-order chi connectivity index (χ1) is 7.76. The lowest BCUT2D eigenvalue weighted by Crippen LogP contribution is -2.38. The Balaban J connectivity index is 2.18. The minimum Gasteiger partial charge on any atom is -0.381 e. The van der Waals surface area contributed by atoms with E-state index in [-0.39, 0.29) is 11.0 Å². The summed E-state index contributed by atoms with van der Waals surface area (Å²) in [7, 11) is 0. The summed E-state index contributed by atoms with van der Waals surface area (Å²) in [5, 5.41) is 0.